The van der Waals surface area contributed by atoms with Crippen LogP contribution >= 0.6 is 0 Å². The predicted octanol–water partition coefficient (Wildman–Crippen LogP) is 3.53. The summed E-state index contributed by atoms with van der Waals surface area (Å²) in [6.07, 6.45) is 1.26. The van der Waals surface area contributed by atoms with Crippen LogP contribution in [0.5, 0.6) is 5.75 Å². The summed E-state index contributed by atoms with van der Waals surface area (Å²) in [4.78, 5) is 0. The van der Waals surface area contributed by atoms with E-state index in [-0.39, 0.29) is 12.1 Å². The normalized spacial score (nSPS) is 15.7. The summed E-state index contributed by atoms with van der Waals surface area (Å²) < 4.78 is 17.9. The molecule has 0 saturated heterocycles. The van der Waals surface area contributed by atoms with E-state index in [1.807, 2.05) is 33.0 Å². The molecule has 21 heavy (non-hydrogen) atoms. The van der Waals surface area contributed by atoms with Gasteiger partial charge in [0.1, 0.15) is 5.75 Å². The van der Waals surface area contributed by atoms with Crippen LogP contribution in [0.2, 0.25) is 0 Å². The molecule has 1 rings (SSSR count). The molecule has 0 radical (unpaired) electrons. The Hall–Kier alpha value is -0.870. The Morgan fingerprint density at radius 3 is 2.24 bits per heavy atom. The van der Waals surface area contributed by atoms with Crippen molar-refractivity contribution in [1.82, 2.24) is 5.32 Å². The third kappa shape index (κ3) is 6.62. The van der Waals surface area contributed by atoms with Gasteiger partial charge < -0.3 is 10.1 Å². The molecule has 0 bridgehead atoms. The van der Waals surface area contributed by atoms with Gasteiger partial charge in [-0.05, 0) is 44.5 Å². The highest BCUT2D eigenvalue weighted by atomic mass is 32.2. The number of hydrogen-bond acceptors (Lipinski definition) is 3. The van der Waals surface area contributed by atoms with E-state index >= 15 is 0 Å². The van der Waals surface area contributed by atoms with Gasteiger partial charge in [0.25, 0.3) is 0 Å². The van der Waals surface area contributed by atoms with Crippen molar-refractivity contribution in [3.63, 3.8) is 0 Å². The smallest absolute Gasteiger partial charge is 0.119 e. The third-order valence-corrected chi connectivity index (χ3v) is 5.17. The Morgan fingerprint density at radius 2 is 1.76 bits per heavy atom. The van der Waals surface area contributed by atoms with Gasteiger partial charge in [-0.15, -0.1) is 0 Å². The highest BCUT2D eigenvalue weighted by Gasteiger charge is 2.15. The van der Waals surface area contributed by atoms with Gasteiger partial charge in [0.05, 0.1) is 6.10 Å². The SMILES string of the molecule is CCC(C)CS(=O)CC(NC)c1ccc(OC(C)C)cc1. The van der Waals surface area contributed by atoms with Crippen molar-refractivity contribution in [2.24, 2.45) is 5.92 Å². The number of rotatable bonds is 9. The van der Waals surface area contributed by atoms with Crippen LogP contribution in [0.3, 0.4) is 0 Å². The van der Waals surface area contributed by atoms with Crippen molar-refractivity contribution in [3.8, 4) is 5.75 Å². The second-order valence-electron chi connectivity index (χ2n) is 5.86. The van der Waals surface area contributed by atoms with Crippen molar-refractivity contribution in [2.45, 2.75) is 46.3 Å². The minimum atomic E-state index is -0.789. The lowest BCUT2D eigenvalue weighted by molar-refractivity contribution is 0.242. The van der Waals surface area contributed by atoms with E-state index in [0.29, 0.717) is 11.7 Å². The second kappa shape index (κ2) is 9.21. The van der Waals surface area contributed by atoms with Gasteiger partial charge >= 0.3 is 0 Å². The molecule has 3 atom stereocenters. The molecular formula is C17H29NO2S. The zero-order valence-corrected chi connectivity index (χ0v) is 14.7. The average molecular weight is 311 g/mol. The zero-order chi connectivity index (χ0) is 15.8. The molecule has 1 aromatic rings. The first-order valence-corrected chi connectivity index (χ1v) is 9.23. The monoisotopic (exact) mass is 311 g/mol. The van der Waals surface area contributed by atoms with Gasteiger partial charge in [0.15, 0.2) is 0 Å². The fraction of sp³-hybridized carbons (Fsp3) is 0.647. The van der Waals surface area contributed by atoms with E-state index in [2.05, 4.69) is 31.3 Å². The topological polar surface area (TPSA) is 38.3 Å². The van der Waals surface area contributed by atoms with E-state index in [0.717, 1.165) is 23.5 Å². The largest absolute Gasteiger partial charge is 0.491 e. The second-order valence-corrected chi connectivity index (χ2v) is 7.41. The fourth-order valence-electron chi connectivity index (χ4n) is 2.09. The van der Waals surface area contributed by atoms with Gasteiger partial charge in [-0.3, -0.25) is 4.21 Å². The molecule has 120 valence electrons. The van der Waals surface area contributed by atoms with Crippen molar-refractivity contribution in [1.29, 1.82) is 0 Å². The van der Waals surface area contributed by atoms with E-state index in [1.54, 1.807) is 0 Å². The third-order valence-electron chi connectivity index (χ3n) is 3.52. The number of nitrogens with one attached hydrogen (secondary N) is 1. The minimum absolute atomic E-state index is 0.128. The summed E-state index contributed by atoms with van der Waals surface area (Å²) in [5.41, 5.74) is 1.16. The first-order chi connectivity index (χ1) is 9.96. The zero-order valence-electron chi connectivity index (χ0n) is 13.9. The molecule has 0 aliphatic carbocycles. The quantitative estimate of drug-likeness (QED) is 0.758. The van der Waals surface area contributed by atoms with Crippen LogP contribution in [0.1, 0.15) is 45.7 Å². The summed E-state index contributed by atoms with van der Waals surface area (Å²) in [7, 11) is 1.13. The number of hydrogen-bond donors (Lipinski definition) is 1. The van der Waals surface area contributed by atoms with Gasteiger partial charge in [-0.2, -0.15) is 0 Å². The molecule has 3 unspecified atom stereocenters. The Labute approximate surface area is 131 Å². The van der Waals surface area contributed by atoms with E-state index in [4.69, 9.17) is 4.74 Å². The molecule has 1 N–H and O–H groups in total. The molecule has 0 amide bonds. The Morgan fingerprint density at radius 1 is 1.14 bits per heavy atom. The molecule has 0 fully saturated rings. The maximum absolute atomic E-state index is 12.2. The van der Waals surface area contributed by atoms with Crippen molar-refractivity contribution in [3.05, 3.63) is 29.8 Å². The van der Waals surface area contributed by atoms with E-state index in [1.165, 1.54) is 0 Å². The number of benzene rings is 1. The van der Waals surface area contributed by atoms with Crippen LogP contribution in [0, 0.1) is 5.92 Å². The standard InChI is InChI=1S/C17H29NO2S/c1-6-14(4)11-21(19)12-17(18-5)15-7-9-16(10-8-15)20-13(2)3/h7-10,13-14,17-18H,6,11-12H2,1-5H3. The van der Waals surface area contributed by atoms with Gasteiger partial charge in [-0.1, -0.05) is 32.4 Å². The maximum Gasteiger partial charge on any atom is 0.119 e. The highest BCUT2D eigenvalue weighted by Crippen LogP contribution is 2.20. The Bertz CT molecular complexity index is 431. The molecule has 3 nitrogen and oxygen atoms in total. The van der Waals surface area contributed by atoms with Crippen LogP contribution < -0.4 is 10.1 Å². The number of ether oxygens (including phenoxy) is 1. The van der Waals surface area contributed by atoms with Crippen LogP contribution in [-0.2, 0) is 10.8 Å². The van der Waals surface area contributed by atoms with Crippen molar-refractivity contribution >= 4 is 10.8 Å². The van der Waals surface area contributed by atoms with Crippen molar-refractivity contribution in [2.75, 3.05) is 18.6 Å². The first kappa shape index (κ1) is 18.2. The molecule has 0 aliphatic heterocycles. The summed E-state index contributed by atoms with van der Waals surface area (Å²) in [6.45, 7) is 8.33. The summed E-state index contributed by atoms with van der Waals surface area (Å²) in [6, 6.07) is 8.20. The van der Waals surface area contributed by atoms with Crippen LogP contribution in [0.4, 0.5) is 0 Å². The van der Waals surface area contributed by atoms with Crippen molar-refractivity contribution < 1.29 is 8.95 Å². The molecule has 1 aromatic carbocycles. The Balaban J connectivity index is 2.65. The molecule has 0 aromatic heterocycles. The lowest BCUT2D eigenvalue weighted by Crippen LogP contribution is -2.24. The lowest BCUT2D eigenvalue weighted by Gasteiger charge is -2.18. The molecule has 0 aliphatic rings. The molecule has 4 heteroatoms. The van der Waals surface area contributed by atoms with Gasteiger partial charge in [-0.25, -0.2) is 0 Å². The molecule has 0 heterocycles. The van der Waals surface area contributed by atoms with Crippen LogP contribution in [0.15, 0.2) is 24.3 Å². The van der Waals surface area contributed by atoms with E-state index < -0.39 is 10.8 Å². The lowest BCUT2D eigenvalue weighted by atomic mass is 10.1. The van der Waals surface area contributed by atoms with Crippen LogP contribution in [0.25, 0.3) is 0 Å². The molecule has 0 spiro atoms. The van der Waals surface area contributed by atoms with Gasteiger partial charge in [0, 0.05) is 28.3 Å². The summed E-state index contributed by atoms with van der Waals surface area (Å²) in [5.74, 6) is 2.84. The summed E-state index contributed by atoms with van der Waals surface area (Å²) >= 11 is 0. The molecule has 0 saturated carbocycles. The van der Waals surface area contributed by atoms with Gasteiger partial charge in [0.2, 0.25) is 0 Å². The first-order valence-electron chi connectivity index (χ1n) is 7.75. The predicted molar refractivity (Wildman–Crippen MR) is 91.3 cm³/mol. The molecular weight excluding hydrogens is 282 g/mol. The highest BCUT2D eigenvalue weighted by molar-refractivity contribution is 7.85. The van der Waals surface area contributed by atoms with Crippen LogP contribution in [-0.4, -0.2) is 28.9 Å². The Kier molecular flexibility index (Phi) is 7.97. The van der Waals surface area contributed by atoms with E-state index in [9.17, 15) is 4.21 Å². The maximum atomic E-state index is 12.2. The fourth-order valence-corrected chi connectivity index (χ4v) is 3.82. The summed E-state index contributed by atoms with van der Waals surface area (Å²) in [5, 5.41) is 3.27. The average Bonchev–Trinajstić information content (AvgIpc) is 2.45. The minimum Gasteiger partial charge on any atom is -0.491 e.